The lowest BCUT2D eigenvalue weighted by atomic mass is 10.1. The van der Waals surface area contributed by atoms with Crippen LogP contribution in [0.5, 0.6) is 0 Å². The van der Waals surface area contributed by atoms with Gasteiger partial charge in [0, 0.05) is 19.5 Å². The van der Waals surface area contributed by atoms with Crippen LogP contribution < -0.4 is 5.32 Å². The van der Waals surface area contributed by atoms with Crippen LogP contribution in [0.25, 0.3) is 0 Å². The van der Waals surface area contributed by atoms with Gasteiger partial charge >= 0.3 is 0 Å². The fraction of sp³-hybridized carbons (Fsp3) is 0.917. The molecule has 1 N–H and O–H groups in total. The summed E-state index contributed by atoms with van der Waals surface area (Å²) in [4.78, 5) is 13.8. The Labute approximate surface area is 105 Å². The Kier molecular flexibility index (Phi) is 7.77. The zero-order valence-corrected chi connectivity index (χ0v) is 11.5. The maximum absolute atomic E-state index is 11.9. The molecule has 1 unspecified atom stereocenters. The van der Waals surface area contributed by atoms with Gasteiger partial charge in [-0.15, -0.1) is 12.4 Å². The topological polar surface area (TPSA) is 32.3 Å². The van der Waals surface area contributed by atoms with E-state index >= 15 is 0 Å². The van der Waals surface area contributed by atoms with Crippen molar-refractivity contribution in [3.05, 3.63) is 0 Å². The number of hydrogen-bond donors (Lipinski definition) is 1. The molecule has 96 valence electrons. The highest BCUT2D eigenvalue weighted by molar-refractivity contribution is 5.85. The number of carbonyl (C=O) groups is 1. The summed E-state index contributed by atoms with van der Waals surface area (Å²) in [5.41, 5.74) is 0. The van der Waals surface area contributed by atoms with E-state index in [9.17, 15) is 4.79 Å². The molecule has 0 aromatic heterocycles. The molecule has 16 heavy (non-hydrogen) atoms. The molecule has 1 heterocycles. The van der Waals surface area contributed by atoms with Crippen molar-refractivity contribution in [2.24, 2.45) is 5.92 Å². The van der Waals surface area contributed by atoms with Gasteiger partial charge in [-0.3, -0.25) is 4.79 Å². The first-order valence-corrected chi connectivity index (χ1v) is 6.07. The monoisotopic (exact) mass is 248 g/mol. The molecule has 1 amide bonds. The molecule has 1 aliphatic rings. The SMILES string of the molecule is CC(C)CC(=O)N(C)C1CCCNCC1.Cl. The summed E-state index contributed by atoms with van der Waals surface area (Å²) in [5, 5.41) is 3.37. The first-order chi connectivity index (χ1) is 7.11. The molecule has 4 heteroatoms. The fourth-order valence-corrected chi connectivity index (χ4v) is 2.08. The number of nitrogens with zero attached hydrogens (tertiary/aromatic N) is 1. The van der Waals surface area contributed by atoms with Crippen molar-refractivity contribution in [3.63, 3.8) is 0 Å². The summed E-state index contributed by atoms with van der Waals surface area (Å²) < 4.78 is 0. The molecule has 1 rings (SSSR count). The molecule has 0 radical (unpaired) electrons. The molecule has 0 aromatic rings. The maximum atomic E-state index is 11.9. The first kappa shape index (κ1) is 15.7. The first-order valence-electron chi connectivity index (χ1n) is 6.07. The lowest BCUT2D eigenvalue weighted by Crippen LogP contribution is -2.38. The van der Waals surface area contributed by atoms with Crippen molar-refractivity contribution >= 4 is 18.3 Å². The van der Waals surface area contributed by atoms with Crippen LogP contribution >= 0.6 is 12.4 Å². The third-order valence-corrected chi connectivity index (χ3v) is 3.07. The highest BCUT2D eigenvalue weighted by Crippen LogP contribution is 2.14. The van der Waals surface area contributed by atoms with Crippen molar-refractivity contribution in [1.82, 2.24) is 10.2 Å². The van der Waals surface area contributed by atoms with Gasteiger partial charge in [0.25, 0.3) is 0 Å². The van der Waals surface area contributed by atoms with Crippen LogP contribution in [0.2, 0.25) is 0 Å². The molecule has 0 spiro atoms. The Morgan fingerprint density at radius 2 is 2.06 bits per heavy atom. The van der Waals surface area contributed by atoms with Gasteiger partial charge in [0.05, 0.1) is 0 Å². The third kappa shape index (κ3) is 5.17. The quantitative estimate of drug-likeness (QED) is 0.829. The highest BCUT2D eigenvalue weighted by Gasteiger charge is 2.21. The maximum Gasteiger partial charge on any atom is 0.222 e. The normalized spacial score (nSPS) is 21.1. The summed E-state index contributed by atoms with van der Waals surface area (Å²) in [7, 11) is 1.96. The van der Waals surface area contributed by atoms with Gasteiger partial charge in [-0.1, -0.05) is 13.8 Å². The number of hydrogen-bond acceptors (Lipinski definition) is 2. The Morgan fingerprint density at radius 3 is 2.69 bits per heavy atom. The fourth-order valence-electron chi connectivity index (χ4n) is 2.08. The van der Waals surface area contributed by atoms with Crippen molar-refractivity contribution < 1.29 is 4.79 Å². The highest BCUT2D eigenvalue weighted by atomic mass is 35.5. The predicted molar refractivity (Wildman–Crippen MR) is 70.0 cm³/mol. The molecule has 1 aliphatic heterocycles. The zero-order valence-electron chi connectivity index (χ0n) is 10.7. The molecule has 3 nitrogen and oxygen atoms in total. The Hall–Kier alpha value is -0.280. The van der Waals surface area contributed by atoms with Gasteiger partial charge in [-0.25, -0.2) is 0 Å². The summed E-state index contributed by atoms with van der Waals surface area (Å²) >= 11 is 0. The molecule has 1 saturated heterocycles. The average molecular weight is 249 g/mol. The zero-order chi connectivity index (χ0) is 11.3. The summed E-state index contributed by atoms with van der Waals surface area (Å²) in [6.07, 6.45) is 4.11. The van der Waals surface area contributed by atoms with Gasteiger partial charge in [0.15, 0.2) is 0 Å². The van der Waals surface area contributed by atoms with Crippen LogP contribution in [0.15, 0.2) is 0 Å². The van der Waals surface area contributed by atoms with E-state index in [2.05, 4.69) is 19.2 Å². The minimum atomic E-state index is 0. The van der Waals surface area contributed by atoms with Crippen LogP contribution in [0, 0.1) is 5.92 Å². The van der Waals surface area contributed by atoms with E-state index in [0.717, 1.165) is 25.9 Å². The third-order valence-electron chi connectivity index (χ3n) is 3.07. The summed E-state index contributed by atoms with van der Waals surface area (Å²) in [6.45, 7) is 6.34. The largest absolute Gasteiger partial charge is 0.343 e. The molecular formula is C12H25ClN2O. The second-order valence-corrected chi connectivity index (χ2v) is 4.94. The van der Waals surface area contributed by atoms with Crippen LogP contribution in [0.1, 0.15) is 39.5 Å². The van der Waals surface area contributed by atoms with Crippen LogP contribution in [0.4, 0.5) is 0 Å². The standard InChI is InChI=1S/C12H24N2O.ClH/c1-10(2)9-12(15)14(3)11-5-4-7-13-8-6-11;/h10-11,13H,4-9H2,1-3H3;1H. The number of amides is 1. The van der Waals surface area contributed by atoms with Gasteiger partial charge in [-0.05, 0) is 38.3 Å². The molecule has 0 saturated carbocycles. The minimum Gasteiger partial charge on any atom is -0.343 e. The number of halogens is 1. The smallest absolute Gasteiger partial charge is 0.222 e. The van der Waals surface area contributed by atoms with Gasteiger partial charge in [0.1, 0.15) is 0 Å². The molecule has 0 aliphatic carbocycles. The Balaban J connectivity index is 0.00000225. The second-order valence-electron chi connectivity index (χ2n) is 4.94. The van der Waals surface area contributed by atoms with E-state index in [0.29, 0.717) is 24.3 Å². The van der Waals surface area contributed by atoms with Gasteiger partial charge in [0.2, 0.25) is 5.91 Å². The predicted octanol–water partition coefficient (Wildman–Crippen LogP) is 2.05. The lowest BCUT2D eigenvalue weighted by molar-refractivity contribution is -0.132. The molecule has 1 fully saturated rings. The van der Waals surface area contributed by atoms with Crippen molar-refractivity contribution in [3.8, 4) is 0 Å². The Morgan fingerprint density at radius 1 is 1.38 bits per heavy atom. The van der Waals surface area contributed by atoms with E-state index in [1.807, 2.05) is 11.9 Å². The van der Waals surface area contributed by atoms with Crippen molar-refractivity contribution in [1.29, 1.82) is 0 Å². The van der Waals surface area contributed by atoms with E-state index in [1.165, 1.54) is 6.42 Å². The van der Waals surface area contributed by atoms with Gasteiger partial charge < -0.3 is 10.2 Å². The van der Waals surface area contributed by atoms with Crippen LogP contribution in [-0.4, -0.2) is 37.0 Å². The molecule has 0 aromatic carbocycles. The van der Waals surface area contributed by atoms with Crippen LogP contribution in [0.3, 0.4) is 0 Å². The molecule has 1 atom stereocenters. The Bertz CT molecular complexity index is 201. The van der Waals surface area contributed by atoms with Crippen molar-refractivity contribution in [2.45, 2.75) is 45.6 Å². The van der Waals surface area contributed by atoms with E-state index in [1.54, 1.807) is 0 Å². The average Bonchev–Trinajstić information content (AvgIpc) is 2.43. The van der Waals surface area contributed by atoms with E-state index < -0.39 is 0 Å². The minimum absolute atomic E-state index is 0. The molecular weight excluding hydrogens is 224 g/mol. The van der Waals surface area contributed by atoms with Crippen molar-refractivity contribution in [2.75, 3.05) is 20.1 Å². The summed E-state index contributed by atoms with van der Waals surface area (Å²) in [6, 6.07) is 0.450. The number of carbonyl (C=O) groups excluding carboxylic acids is 1. The summed E-state index contributed by atoms with van der Waals surface area (Å²) in [5.74, 6) is 0.765. The van der Waals surface area contributed by atoms with E-state index in [4.69, 9.17) is 0 Å². The second kappa shape index (κ2) is 7.91. The number of nitrogens with one attached hydrogen (secondary N) is 1. The molecule has 0 bridgehead atoms. The lowest BCUT2D eigenvalue weighted by Gasteiger charge is -2.27. The number of rotatable bonds is 3. The van der Waals surface area contributed by atoms with E-state index in [-0.39, 0.29) is 12.4 Å². The van der Waals surface area contributed by atoms with Crippen LogP contribution in [-0.2, 0) is 4.79 Å². The van der Waals surface area contributed by atoms with Gasteiger partial charge in [-0.2, -0.15) is 0 Å².